The van der Waals surface area contributed by atoms with Crippen LogP contribution < -0.4 is 5.32 Å². The van der Waals surface area contributed by atoms with Gasteiger partial charge in [0.25, 0.3) is 5.91 Å². The van der Waals surface area contributed by atoms with Gasteiger partial charge in [0.15, 0.2) is 0 Å². The Morgan fingerprint density at radius 2 is 2.06 bits per heavy atom. The molecule has 1 amide bonds. The molecule has 18 heavy (non-hydrogen) atoms. The topological polar surface area (TPSA) is 57.8 Å². The molecule has 2 N–H and O–H groups in total. The number of anilines is 1. The maximum absolute atomic E-state index is 12.1. The zero-order chi connectivity index (χ0) is 13.3. The first-order valence-electron chi connectivity index (χ1n) is 5.27. The molecule has 0 fully saturated rings. The van der Waals surface area contributed by atoms with E-state index in [-0.39, 0.29) is 10.9 Å². The molecule has 0 saturated heterocycles. The van der Waals surface area contributed by atoms with Gasteiger partial charge in [-0.2, -0.15) is 5.10 Å². The molecule has 0 atom stereocenters. The van der Waals surface area contributed by atoms with E-state index < -0.39 is 0 Å². The van der Waals surface area contributed by atoms with Crippen LogP contribution in [-0.2, 0) is 0 Å². The van der Waals surface area contributed by atoms with Gasteiger partial charge >= 0.3 is 0 Å². The number of rotatable bonds is 2. The maximum atomic E-state index is 12.1. The minimum Gasteiger partial charge on any atom is -0.319 e. The molecule has 0 aliphatic rings. The van der Waals surface area contributed by atoms with Crippen molar-refractivity contribution in [2.75, 3.05) is 5.32 Å². The van der Waals surface area contributed by atoms with E-state index in [2.05, 4.69) is 15.5 Å². The van der Waals surface area contributed by atoms with Gasteiger partial charge in [-0.15, -0.1) is 0 Å². The molecule has 4 nitrogen and oxygen atoms in total. The summed E-state index contributed by atoms with van der Waals surface area (Å²) in [6.45, 7) is 3.63. The zero-order valence-corrected chi connectivity index (χ0v) is 11.4. The molecule has 0 spiro atoms. The van der Waals surface area contributed by atoms with Crippen LogP contribution in [0.3, 0.4) is 0 Å². The lowest BCUT2D eigenvalue weighted by Gasteiger charge is -2.07. The molecule has 2 aromatic rings. The molecule has 0 unspecified atom stereocenters. The van der Waals surface area contributed by atoms with E-state index in [0.29, 0.717) is 16.3 Å². The molecule has 1 aromatic heterocycles. The summed E-state index contributed by atoms with van der Waals surface area (Å²) in [6, 6.07) is 4.93. The SMILES string of the molecule is Cc1n[nH]c(C)c1NC(=O)c1cccc(Cl)c1Cl. The van der Waals surface area contributed by atoms with E-state index in [0.717, 1.165) is 11.4 Å². The number of hydrogen-bond acceptors (Lipinski definition) is 2. The summed E-state index contributed by atoms with van der Waals surface area (Å²) in [5.41, 5.74) is 2.51. The molecule has 2 rings (SSSR count). The van der Waals surface area contributed by atoms with Crippen LogP contribution in [0.25, 0.3) is 0 Å². The Hall–Kier alpha value is -1.52. The van der Waals surface area contributed by atoms with Crippen LogP contribution in [0.15, 0.2) is 18.2 Å². The quantitative estimate of drug-likeness (QED) is 0.885. The van der Waals surface area contributed by atoms with Crippen molar-refractivity contribution in [3.05, 3.63) is 45.2 Å². The largest absolute Gasteiger partial charge is 0.319 e. The zero-order valence-electron chi connectivity index (χ0n) is 9.84. The Labute approximate surface area is 114 Å². The lowest BCUT2D eigenvalue weighted by atomic mass is 10.2. The number of benzene rings is 1. The van der Waals surface area contributed by atoms with E-state index in [1.54, 1.807) is 25.1 Å². The monoisotopic (exact) mass is 283 g/mol. The van der Waals surface area contributed by atoms with Crippen LogP contribution in [0.4, 0.5) is 5.69 Å². The molecule has 1 aromatic carbocycles. The third-order valence-corrected chi connectivity index (χ3v) is 3.38. The molecule has 0 aliphatic heterocycles. The number of hydrogen-bond donors (Lipinski definition) is 2. The summed E-state index contributed by atoms with van der Waals surface area (Å²) in [4.78, 5) is 12.1. The number of carbonyl (C=O) groups excluding carboxylic acids is 1. The molecule has 1 heterocycles. The van der Waals surface area contributed by atoms with Crippen LogP contribution in [0, 0.1) is 13.8 Å². The Bertz CT molecular complexity index is 588. The second kappa shape index (κ2) is 5.00. The summed E-state index contributed by atoms with van der Waals surface area (Å²) in [5, 5.41) is 10.2. The van der Waals surface area contributed by atoms with E-state index >= 15 is 0 Å². The number of nitrogens with one attached hydrogen (secondary N) is 2. The lowest BCUT2D eigenvalue weighted by Crippen LogP contribution is -2.13. The van der Waals surface area contributed by atoms with E-state index in [1.807, 2.05) is 6.92 Å². The van der Waals surface area contributed by atoms with Crippen molar-refractivity contribution in [2.24, 2.45) is 0 Å². The lowest BCUT2D eigenvalue weighted by molar-refractivity contribution is 0.102. The Morgan fingerprint density at radius 3 is 2.67 bits per heavy atom. The molecule has 0 saturated carbocycles. The Kier molecular flexibility index (Phi) is 3.59. The molecular formula is C12H11Cl2N3O. The van der Waals surface area contributed by atoms with Gasteiger partial charge in [-0.05, 0) is 26.0 Å². The molecule has 0 radical (unpaired) electrons. The molecule has 6 heteroatoms. The number of aryl methyl sites for hydroxylation is 2. The predicted molar refractivity (Wildman–Crippen MR) is 72.5 cm³/mol. The smallest absolute Gasteiger partial charge is 0.257 e. The summed E-state index contributed by atoms with van der Waals surface area (Å²) in [7, 11) is 0. The van der Waals surface area contributed by atoms with Gasteiger partial charge in [0, 0.05) is 0 Å². The highest BCUT2D eigenvalue weighted by molar-refractivity contribution is 6.44. The first kappa shape index (κ1) is 12.9. The van der Waals surface area contributed by atoms with E-state index in [4.69, 9.17) is 23.2 Å². The number of aromatic amines is 1. The van der Waals surface area contributed by atoms with Gasteiger partial charge in [0.05, 0.1) is 32.7 Å². The fraction of sp³-hybridized carbons (Fsp3) is 0.167. The number of carbonyl (C=O) groups is 1. The highest BCUT2D eigenvalue weighted by Crippen LogP contribution is 2.26. The van der Waals surface area contributed by atoms with Crippen molar-refractivity contribution >= 4 is 34.8 Å². The highest BCUT2D eigenvalue weighted by atomic mass is 35.5. The van der Waals surface area contributed by atoms with Gasteiger partial charge in [-0.3, -0.25) is 9.89 Å². The summed E-state index contributed by atoms with van der Waals surface area (Å²) in [5.74, 6) is -0.310. The summed E-state index contributed by atoms with van der Waals surface area (Å²) in [6.07, 6.45) is 0. The summed E-state index contributed by atoms with van der Waals surface area (Å²) < 4.78 is 0. The summed E-state index contributed by atoms with van der Waals surface area (Å²) >= 11 is 11.9. The second-order valence-electron chi connectivity index (χ2n) is 3.86. The average molecular weight is 284 g/mol. The molecule has 94 valence electrons. The van der Waals surface area contributed by atoms with Crippen molar-refractivity contribution in [2.45, 2.75) is 13.8 Å². The minimum absolute atomic E-state index is 0.246. The van der Waals surface area contributed by atoms with Crippen molar-refractivity contribution < 1.29 is 4.79 Å². The first-order valence-corrected chi connectivity index (χ1v) is 6.03. The van der Waals surface area contributed by atoms with Crippen molar-refractivity contribution in [1.29, 1.82) is 0 Å². The fourth-order valence-electron chi connectivity index (χ4n) is 1.60. The van der Waals surface area contributed by atoms with Gasteiger partial charge in [0.1, 0.15) is 0 Å². The third kappa shape index (κ3) is 2.35. The Balaban J connectivity index is 2.31. The molecular weight excluding hydrogens is 273 g/mol. The number of amides is 1. The standard InChI is InChI=1S/C12H11Cl2N3O/c1-6-11(7(2)17-16-6)15-12(18)8-4-3-5-9(13)10(8)14/h3-5H,1-2H3,(H,15,18)(H,16,17). The minimum atomic E-state index is -0.310. The predicted octanol–water partition coefficient (Wildman–Crippen LogP) is 3.59. The highest BCUT2D eigenvalue weighted by Gasteiger charge is 2.15. The molecule has 0 aliphatic carbocycles. The maximum Gasteiger partial charge on any atom is 0.257 e. The van der Waals surface area contributed by atoms with Crippen molar-refractivity contribution in [3.8, 4) is 0 Å². The van der Waals surface area contributed by atoms with E-state index in [9.17, 15) is 4.79 Å². The molecule has 0 bridgehead atoms. The van der Waals surface area contributed by atoms with Crippen LogP contribution in [-0.4, -0.2) is 16.1 Å². The Morgan fingerprint density at radius 1 is 1.33 bits per heavy atom. The number of nitrogens with zero attached hydrogens (tertiary/aromatic N) is 1. The van der Waals surface area contributed by atoms with Crippen molar-refractivity contribution in [1.82, 2.24) is 10.2 Å². The van der Waals surface area contributed by atoms with Gasteiger partial charge in [-0.25, -0.2) is 0 Å². The van der Waals surface area contributed by atoms with Gasteiger partial charge in [-0.1, -0.05) is 29.3 Å². The average Bonchev–Trinajstić information content (AvgIpc) is 2.64. The van der Waals surface area contributed by atoms with Crippen LogP contribution in [0.5, 0.6) is 0 Å². The van der Waals surface area contributed by atoms with Gasteiger partial charge < -0.3 is 5.32 Å². The van der Waals surface area contributed by atoms with Crippen LogP contribution >= 0.6 is 23.2 Å². The van der Waals surface area contributed by atoms with Crippen molar-refractivity contribution in [3.63, 3.8) is 0 Å². The van der Waals surface area contributed by atoms with Crippen LogP contribution in [0.2, 0.25) is 10.0 Å². The second-order valence-corrected chi connectivity index (χ2v) is 4.65. The van der Waals surface area contributed by atoms with Crippen LogP contribution in [0.1, 0.15) is 21.7 Å². The third-order valence-electron chi connectivity index (χ3n) is 2.56. The fourth-order valence-corrected chi connectivity index (χ4v) is 1.98. The van der Waals surface area contributed by atoms with E-state index in [1.165, 1.54) is 0 Å². The van der Waals surface area contributed by atoms with Gasteiger partial charge in [0.2, 0.25) is 0 Å². The number of H-pyrrole nitrogens is 1. The number of halogens is 2. The number of aromatic nitrogens is 2. The normalized spacial score (nSPS) is 10.4. The first-order chi connectivity index (χ1) is 8.50.